The van der Waals surface area contributed by atoms with Crippen molar-refractivity contribution in [1.29, 1.82) is 0 Å². The quantitative estimate of drug-likeness (QED) is 0.0762. The van der Waals surface area contributed by atoms with E-state index >= 15 is 0 Å². The smallest absolute Gasteiger partial charge is 0.0105 e. The molecule has 0 aliphatic carbocycles. The van der Waals surface area contributed by atoms with Crippen molar-refractivity contribution in [3.8, 4) is 11.1 Å². The molecule has 4 aromatic rings. The SMILES string of the molecule is CCCCCCCCc1ccc(/C=C/c2ccccc2-c2ccccc2/C=C/c2ccc(CCCCCCCC)cc2)cc1. The molecule has 0 nitrogen and oxygen atoms in total. The lowest BCUT2D eigenvalue weighted by Crippen LogP contribution is -1.88. The van der Waals surface area contributed by atoms with E-state index in [0.29, 0.717) is 0 Å². The van der Waals surface area contributed by atoms with Gasteiger partial charge in [0.05, 0.1) is 0 Å². The molecule has 230 valence electrons. The highest BCUT2D eigenvalue weighted by Gasteiger charge is 2.06. The van der Waals surface area contributed by atoms with Crippen molar-refractivity contribution in [2.75, 3.05) is 0 Å². The Morgan fingerprint density at radius 2 is 0.727 bits per heavy atom. The highest BCUT2D eigenvalue weighted by molar-refractivity contribution is 5.87. The van der Waals surface area contributed by atoms with E-state index in [0.717, 1.165) is 0 Å². The van der Waals surface area contributed by atoms with Crippen molar-refractivity contribution in [1.82, 2.24) is 0 Å². The lowest BCUT2D eigenvalue weighted by Gasteiger charge is -2.10. The van der Waals surface area contributed by atoms with E-state index in [1.165, 1.54) is 134 Å². The zero-order valence-electron chi connectivity index (χ0n) is 27.4. The molecule has 4 aromatic carbocycles. The maximum absolute atomic E-state index is 2.30. The van der Waals surface area contributed by atoms with Crippen LogP contribution in [0.15, 0.2) is 97.1 Å². The number of benzene rings is 4. The minimum absolute atomic E-state index is 1.19. The van der Waals surface area contributed by atoms with Crippen molar-refractivity contribution >= 4 is 24.3 Å². The Balaban J connectivity index is 1.37. The van der Waals surface area contributed by atoms with Crippen molar-refractivity contribution in [3.63, 3.8) is 0 Å². The summed E-state index contributed by atoms with van der Waals surface area (Å²) in [5.41, 5.74) is 10.4. The van der Waals surface area contributed by atoms with Crippen molar-refractivity contribution in [2.24, 2.45) is 0 Å². The second-order valence-electron chi connectivity index (χ2n) is 12.4. The number of hydrogen-bond acceptors (Lipinski definition) is 0. The first-order chi connectivity index (χ1) is 21.8. The zero-order chi connectivity index (χ0) is 30.7. The van der Waals surface area contributed by atoms with Crippen LogP contribution in [0.1, 0.15) is 124 Å². The highest BCUT2D eigenvalue weighted by atomic mass is 14.1. The fourth-order valence-electron chi connectivity index (χ4n) is 5.96. The van der Waals surface area contributed by atoms with Gasteiger partial charge in [0, 0.05) is 0 Å². The second kappa shape index (κ2) is 19.6. The molecule has 0 aliphatic heterocycles. The third-order valence-electron chi connectivity index (χ3n) is 8.72. The zero-order valence-corrected chi connectivity index (χ0v) is 27.4. The predicted molar refractivity (Wildman–Crippen MR) is 197 cm³/mol. The van der Waals surface area contributed by atoms with Crippen molar-refractivity contribution in [2.45, 2.75) is 104 Å². The minimum Gasteiger partial charge on any atom is -0.0654 e. The van der Waals surface area contributed by atoms with Gasteiger partial charge < -0.3 is 0 Å². The van der Waals surface area contributed by atoms with Gasteiger partial charge in [-0.25, -0.2) is 0 Å². The van der Waals surface area contributed by atoms with E-state index in [2.05, 4.69) is 135 Å². The van der Waals surface area contributed by atoms with E-state index in [1.54, 1.807) is 0 Å². The molecule has 0 atom stereocenters. The van der Waals surface area contributed by atoms with Crippen LogP contribution < -0.4 is 0 Å². The van der Waals surface area contributed by atoms with Gasteiger partial charge in [-0.05, 0) is 70.2 Å². The van der Waals surface area contributed by atoms with Gasteiger partial charge in [-0.15, -0.1) is 0 Å². The summed E-state index contributed by atoms with van der Waals surface area (Å²) in [5, 5.41) is 0. The molecule has 4 rings (SSSR count). The lowest BCUT2D eigenvalue weighted by molar-refractivity contribution is 0.607. The fourth-order valence-corrected chi connectivity index (χ4v) is 5.96. The molecule has 0 fully saturated rings. The van der Waals surface area contributed by atoms with Crippen LogP contribution in [0.5, 0.6) is 0 Å². The fraction of sp³-hybridized carbons (Fsp3) is 0.364. The first-order valence-corrected chi connectivity index (χ1v) is 17.5. The maximum Gasteiger partial charge on any atom is -0.0105 e. The summed E-state index contributed by atoms with van der Waals surface area (Å²) in [7, 11) is 0. The van der Waals surface area contributed by atoms with E-state index in [9.17, 15) is 0 Å². The summed E-state index contributed by atoms with van der Waals surface area (Å²) in [4.78, 5) is 0. The summed E-state index contributed by atoms with van der Waals surface area (Å²) in [5.74, 6) is 0. The number of aryl methyl sites for hydroxylation is 2. The summed E-state index contributed by atoms with van der Waals surface area (Å²) in [6, 6.07) is 35.8. The normalized spacial score (nSPS) is 11.6. The Labute approximate surface area is 269 Å². The molecule has 0 amide bonds. The molecule has 0 heterocycles. The monoisotopic (exact) mass is 582 g/mol. The van der Waals surface area contributed by atoms with E-state index in [4.69, 9.17) is 0 Å². The third kappa shape index (κ3) is 11.5. The van der Waals surface area contributed by atoms with Crippen LogP contribution in [0.3, 0.4) is 0 Å². The summed E-state index contributed by atoms with van der Waals surface area (Å²) < 4.78 is 0. The lowest BCUT2D eigenvalue weighted by atomic mass is 9.94. The topological polar surface area (TPSA) is 0 Å². The molecule has 0 bridgehead atoms. The van der Waals surface area contributed by atoms with Gasteiger partial charge in [0.1, 0.15) is 0 Å². The molecule has 0 radical (unpaired) electrons. The predicted octanol–water partition coefficient (Wildman–Crippen LogP) is 13.5. The molecule has 0 heteroatoms. The Bertz CT molecular complexity index is 1290. The summed E-state index contributed by atoms with van der Waals surface area (Å²) >= 11 is 0. The van der Waals surface area contributed by atoms with Crippen molar-refractivity contribution < 1.29 is 0 Å². The Morgan fingerprint density at radius 3 is 1.14 bits per heavy atom. The Kier molecular flexibility index (Phi) is 14.8. The van der Waals surface area contributed by atoms with Gasteiger partial charge in [0.25, 0.3) is 0 Å². The van der Waals surface area contributed by atoms with Gasteiger partial charge >= 0.3 is 0 Å². The van der Waals surface area contributed by atoms with Gasteiger partial charge in [0.15, 0.2) is 0 Å². The molecule has 0 spiro atoms. The maximum atomic E-state index is 2.30. The molecule has 0 unspecified atom stereocenters. The number of rotatable bonds is 19. The Hall–Kier alpha value is -3.64. The largest absolute Gasteiger partial charge is 0.0654 e. The molecule has 0 N–H and O–H groups in total. The van der Waals surface area contributed by atoms with Gasteiger partial charge in [0.2, 0.25) is 0 Å². The highest BCUT2D eigenvalue weighted by Crippen LogP contribution is 2.30. The van der Waals surface area contributed by atoms with Gasteiger partial charge in [-0.3, -0.25) is 0 Å². The minimum atomic E-state index is 1.19. The molecular formula is C44H54. The van der Waals surface area contributed by atoms with E-state index in [1.807, 2.05) is 0 Å². The first kappa shape index (κ1) is 33.3. The van der Waals surface area contributed by atoms with E-state index in [-0.39, 0.29) is 0 Å². The van der Waals surface area contributed by atoms with Crippen LogP contribution in [0.4, 0.5) is 0 Å². The van der Waals surface area contributed by atoms with Gasteiger partial charge in [-0.1, -0.05) is 199 Å². The number of hydrogen-bond donors (Lipinski definition) is 0. The van der Waals surface area contributed by atoms with E-state index < -0.39 is 0 Å². The van der Waals surface area contributed by atoms with Gasteiger partial charge in [-0.2, -0.15) is 0 Å². The first-order valence-electron chi connectivity index (χ1n) is 17.5. The standard InChI is InChI=1S/C44H54/c1-3-5-7-9-11-13-19-37-25-29-39(30-26-37)33-35-41-21-15-17-23-43(41)44-24-18-16-22-42(44)36-34-40-31-27-38(28-32-40)20-14-12-10-8-6-4-2/h15-18,21-36H,3-14,19-20H2,1-2H3/b35-33+,36-34+. The average Bonchev–Trinajstić information content (AvgIpc) is 3.07. The van der Waals surface area contributed by atoms with Crippen LogP contribution >= 0.6 is 0 Å². The molecule has 0 aliphatic rings. The average molecular weight is 583 g/mol. The number of unbranched alkanes of at least 4 members (excludes halogenated alkanes) is 10. The van der Waals surface area contributed by atoms with Crippen LogP contribution in [0.2, 0.25) is 0 Å². The van der Waals surface area contributed by atoms with Crippen LogP contribution in [0.25, 0.3) is 35.4 Å². The Morgan fingerprint density at radius 1 is 0.364 bits per heavy atom. The third-order valence-corrected chi connectivity index (χ3v) is 8.72. The molecular weight excluding hydrogens is 528 g/mol. The van der Waals surface area contributed by atoms with Crippen LogP contribution in [0, 0.1) is 0 Å². The molecule has 0 saturated heterocycles. The summed E-state index contributed by atoms with van der Waals surface area (Å²) in [6.45, 7) is 4.56. The second-order valence-corrected chi connectivity index (χ2v) is 12.4. The molecule has 0 aromatic heterocycles. The molecule has 0 saturated carbocycles. The molecule has 44 heavy (non-hydrogen) atoms. The summed E-state index contributed by atoms with van der Waals surface area (Å²) in [6.07, 6.45) is 27.6. The van der Waals surface area contributed by atoms with Crippen molar-refractivity contribution in [3.05, 3.63) is 130 Å². The van der Waals surface area contributed by atoms with Crippen LogP contribution in [-0.4, -0.2) is 0 Å². The van der Waals surface area contributed by atoms with Crippen LogP contribution in [-0.2, 0) is 12.8 Å².